The molecular formula is C13H24N2O3. The summed E-state index contributed by atoms with van der Waals surface area (Å²) >= 11 is 0. The van der Waals surface area contributed by atoms with Gasteiger partial charge in [0.25, 0.3) is 0 Å². The van der Waals surface area contributed by atoms with E-state index in [2.05, 4.69) is 4.90 Å². The van der Waals surface area contributed by atoms with E-state index in [1.165, 1.54) is 19.3 Å². The van der Waals surface area contributed by atoms with Crippen molar-refractivity contribution in [2.24, 2.45) is 0 Å². The molecule has 1 aliphatic heterocycles. The summed E-state index contributed by atoms with van der Waals surface area (Å²) in [7, 11) is 3.34. The third-order valence-electron chi connectivity index (χ3n) is 4.19. The van der Waals surface area contributed by atoms with Crippen LogP contribution < -0.4 is 0 Å². The number of rotatable bonds is 4. The van der Waals surface area contributed by atoms with Crippen LogP contribution in [0.15, 0.2) is 0 Å². The summed E-state index contributed by atoms with van der Waals surface area (Å²) in [6.45, 7) is 2.19. The predicted octanol–water partition coefficient (Wildman–Crippen LogP) is 1.04. The quantitative estimate of drug-likeness (QED) is 0.754. The van der Waals surface area contributed by atoms with Gasteiger partial charge in [-0.2, -0.15) is 0 Å². The Bertz CT molecular complexity index is 290. The largest absolute Gasteiger partial charge is 0.369 e. The zero-order valence-electron chi connectivity index (χ0n) is 11.5. The molecule has 0 radical (unpaired) electrons. The van der Waals surface area contributed by atoms with Crippen LogP contribution in [0.25, 0.3) is 0 Å². The van der Waals surface area contributed by atoms with Gasteiger partial charge in [-0.05, 0) is 12.8 Å². The molecule has 5 heteroatoms. The van der Waals surface area contributed by atoms with Gasteiger partial charge in [-0.1, -0.05) is 19.3 Å². The average molecular weight is 256 g/mol. The van der Waals surface area contributed by atoms with E-state index in [9.17, 15) is 4.79 Å². The van der Waals surface area contributed by atoms with Crippen LogP contribution >= 0.6 is 0 Å². The summed E-state index contributed by atoms with van der Waals surface area (Å²) in [6, 6.07) is 0. The average Bonchev–Trinajstić information content (AvgIpc) is 2.37. The Morgan fingerprint density at radius 3 is 2.39 bits per heavy atom. The van der Waals surface area contributed by atoms with Gasteiger partial charge in [0.2, 0.25) is 5.91 Å². The number of piperazine rings is 1. The van der Waals surface area contributed by atoms with Gasteiger partial charge >= 0.3 is 0 Å². The summed E-state index contributed by atoms with van der Waals surface area (Å²) in [5, 5.41) is 0. The van der Waals surface area contributed by atoms with Crippen LogP contribution in [0.1, 0.15) is 32.1 Å². The molecule has 0 unspecified atom stereocenters. The summed E-state index contributed by atoms with van der Waals surface area (Å²) in [6.07, 6.45) is 6.11. The van der Waals surface area contributed by atoms with E-state index in [0.29, 0.717) is 20.0 Å². The maximum atomic E-state index is 12.0. The molecule has 1 saturated heterocycles. The summed E-state index contributed by atoms with van der Waals surface area (Å²) in [5.41, 5.74) is 0.112. The van der Waals surface area contributed by atoms with Gasteiger partial charge in [0.1, 0.15) is 6.73 Å². The zero-order valence-corrected chi connectivity index (χ0v) is 11.5. The van der Waals surface area contributed by atoms with E-state index in [0.717, 1.165) is 19.4 Å². The van der Waals surface area contributed by atoms with Crippen molar-refractivity contribution in [2.75, 3.05) is 40.8 Å². The van der Waals surface area contributed by atoms with E-state index in [1.54, 1.807) is 14.2 Å². The second-order valence-corrected chi connectivity index (χ2v) is 5.41. The maximum absolute atomic E-state index is 12.0. The van der Waals surface area contributed by atoms with Gasteiger partial charge in [0.15, 0.2) is 0 Å². The van der Waals surface area contributed by atoms with Crippen molar-refractivity contribution in [3.8, 4) is 0 Å². The highest BCUT2D eigenvalue weighted by Gasteiger charge is 2.44. The lowest BCUT2D eigenvalue weighted by Gasteiger charge is -2.51. The predicted molar refractivity (Wildman–Crippen MR) is 68.0 cm³/mol. The van der Waals surface area contributed by atoms with Crippen LogP contribution in [0.5, 0.6) is 0 Å². The number of amides is 1. The maximum Gasteiger partial charge on any atom is 0.238 e. The molecule has 1 saturated carbocycles. The fourth-order valence-electron chi connectivity index (χ4n) is 3.27. The lowest BCUT2D eigenvalue weighted by Crippen LogP contribution is -2.65. The zero-order chi connectivity index (χ0) is 13.0. The Hall–Kier alpha value is -0.650. The van der Waals surface area contributed by atoms with Gasteiger partial charge in [-0.15, -0.1) is 0 Å². The van der Waals surface area contributed by atoms with E-state index in [-0.39, 0.29) is 11.4 Å². The molecule has 0 N–H and O–H groups in total. The van der Waals surface area contributed by atoms with Gasteiger partial charge in [-0.3, -0.25) is 9.69 Å². The number of carbonyl (C=O) groups excluding carboxylic acids is 1. The minimum absolute atomic E-state index is 0.112. The minimum Gasteiger partial charge on any atom is -0.369 e. The topological polar surface area (TPSA) is 42.0 Å². The minimum atomic E-state index is 0.112. The van der Waals surface area contributed by atoms with E-state index >= 15 is 0 Å². The molecule has 2 fully saturated rings. The molecule has 0 bridgehead atoms. The third kappa shape index (κ3) is 2.68. The first-order chi connectivity index (χ1) is 8.72. The Morgan fingerprint density at radius 1 is 1.11 bits per heavy atom. The van der Waals surface area contributed by atoms with Crippen molar-refractivity contribution in [3.63, 3.8) is 0 Å². The highest BCUT2D eigenvalue weighted by Crippen LogP contribution is 2.36. The van der Waals surface area contributed by atoms with E-state index in [1.807, 2.05) is 4.90 Å². The first-order valence-corrected chi connectivity index (χ1v) is 6.72. The highest BCUT2D eigenvalue weighted by atomic mass is 16.5. The molecular weight excluding hydrogens is 232 g/mol. The number of nitrogens with zero attached hydrogens (tertiary/aromatic N) is 2. The van der Waals surface area contributed by atoms with Gasteiger partial charge < -0.3 is 14.4 Å². The van der Waals surface area contributed by atoms with Gasteiger partial charge in [0.05, 0.1) is 13.3 Å². The Balaban J connectivity index is 2.12. The molecule has 0 aromatic carbocycles. The molecule has 1 amide bonds. The number of hydrogen-bond acceptors (Lipinski definition) is 4. The lowest BCUT2D eigenvalue weighted by atomic mass is 9.79. The van der Waals surface area contributed by atoms with Crippen molar-refractivity contribution >= 4 is 5.91 Å². The van der Waals surface area contributed by atoms with Crippen LogP contribution in [0.3, 0.4) is 0 Å². The molecule has 1 aliphatic carbocycles. The second kappa shape index (κ2) is 5.99. The van der Waals surface area contributed by atoms with Crippen LogP contribution in [-0.2, 0) is 14.3 Å². The molecule has 2 rings (SSSR count). The van der Waals surface area contributed by atoms with Crippen LogP contribution in [0.2, 0.25) is 0 Å². The second-order valence-electron chi connectivity index (χ2n) is 5.41. The molecule has 0 aromatic rings. The molecule has 2 aliphatic rings. The highest BCUT2D eigenvalue weighted by molar-refractivity contribution is 5.79. The standard InChI is InChI=1S/C13H24N2O3/c1-17-10-14-9-13(6-4-3-5-7-13)15(11-18-2)8-12(14)16/h3-11H2,1-2H3. The monoisotopic (exact) mass is 256 g/mol. The van der Waals surface area contributed by atoms with Crippen molar-refractivity contribution in [1.82, 2.24) is 9.80 Å². The van der Waals surface area contributed by atoms with E-state index < -0.39 is 0 Å². The Kier molecular flexibility index (Phi) is 4.59. The molecule has 1 heterocycles. The van der Waals surface area contributed by atoms with Crippen molar-refractivity contribution < 1.29 is 14.3 Å². The Labute approximate surface area is 109 Å². The smallest absolute Gasteiger partial charge is 0.238 e. The summed E-state index contributed by atoms with van der Waals surface area (Å²) in [5.74, 6) is 0.144. The van der Waals surface area contributed by atoms with Crippen LogP contribution in [-0.4, -0.2) is 62.0 Å². The van der Waals surface area contributed by atoms with Gasteiger partial charge in [-0.25, -0.2) is 0 Å². The normalized spacial score (nSPS) is 24.8. The summed E-state index contributed by atoms with van der Waals surface area (Å²) < 4.78 is 10.4. The summed E-state index contributed by atoms with van der Waals surface area (Å²) in [4.78, 5) is 16.1. The lowest BCUT2D eigenvalue weighted by molar-refractivity contribution is -0.158. The van der Waals surface area contributed by atoms with Crippen molar-refractivity contribution in [2.45, 2.75) is 37.6 Å². The number of hydrogen-bond donors (Lipinski definition) is 0. The Morgan fingerprint density at radius 2 is 1.78 bits per heavy atom. The number of carbonyl (C=O) groups is 1. The molecule has 5 nitrogen and oxygen atoms in total. The number of methoxy groups -OCH3 is 2. The van der Waals surface area contributed by atoms with Crippen LogP contribution in [0.4, 0.5) is 0 Å². The SMILES string of the molecule is COCN1CC2(CCCCC2)N(COC)CC1=O. The number of ether oxygens (including phenoxy) is 2. The van der Waals surface area contributed by atoms with Crippen molar-refractivity contribution in [3.05, 3.63) is 0 Å². The fraction of sp³-hybridized carbons (Fsp3) is 0.923. The van der Waals surface area contributed by atoms with Gasteiger partial charge in [0, 0.05) is 26.3 Å². The molecule has 18 heavy (non-hydrogen) atoms. The van der Waals surface area contributed by atoms with E-state index in [4.69, 9.17) is 9.47 Å². The third-order valence-corrected chi connectivity index (χ3v) is 4.19. The van der Waals surface area contributed by atoms with Crippen LogP contribution in [0, 0.1) is 0 Å². The molecule has 0 atom stereocenters. The molecule has 1 spiro atoms. The molecule has 104 valence electrons. The van der Waals surface area contributed by atoms with Crippen molar-refractivity contribution in [1.29, 1.82) is 0 Å². The first-order valence-electron chi connectivity index (χ1n) is 6.72. The fourth-order valence-corrected chi connectivity index (χ4v) is 3.27. The molecule has 0 aromatic heterocycles. The first kappa shape index (κ1) is 13.8.